The molecule has 4 nitrogen and oxygen atoms in total. The number of nitrogens with one attached hydrogen (secondary N) is 2. The summed E-state index contributed by atoms with van der Waals surface area (Å²) in [4.78, 5) is 20.1. The molecule has 1 aliphatic carbocycles. The van der Waals surface area contributed by atoms with Gasteiger partial charge in [-0.2, -0.15) is 0 Å². The van der Waals surface area contributed by atoms with Gasteiger partial charge in [-0.05, 0) is 61.6 Å². The molecule has 1 fully saturated rings. The number of aryl methyl sites for hydroxylation is 3. The molecule has 0 bridgehead atoms. The SMILES string of the molecule is Cc1ccc2nc(CCc3cccc(NC(=O)C4CCC4)c3)[nH]c2c1. The summed E-state index contributed by atoms with van der Waals surface area (Å²) in [5.74, 6) is 1.38. The number of imidazole rings is 1. The Balaban J connectivity index is 1.41. The van der Waals surface area contributed by atoms with Crippen LogP contribution in [0.25, 0.3) is 11.0 Å². The minimum atomic E-state index is 0.163. The fourth-order valence-electron chi connectivity index (χ4n) is 3.28. The van der Waals surface area contributed by atoms with E-state index < -0.39 is 0 Å². The van der Waals surface area contributed by atoms with Crippen molar-refractivity contribution in [2.24, 2.45) is 5.92 Å². The number of H-pyrrole nitrogens is 1. The van der Waals surface area contributed by atoms with E-state index in [0.717, 1.165) is 48.2 Å². The van der Waals surface area contributed by atoms with Gasteiger partial charge in [0, 0.05) is 18.0 Å². The molecule has 4 heteroatoms. The second-order valence-corrected chi connectivity index (χ2v) is 7.02. The van der Waals surface area contributed by atoms with E-state index in [-0.39, 0.29) is 11.8 Å². The molecule has 0 aliphatic heterocycles. The number of hydrogen-bond donors (Lipinski definition) is 2. The van der Waals surface area contributed by atoms with Crippen LogP contribution in [0, 0.1) is 12.8 Å². The highest BCUT2D eigenvalue weighted by molar-refractivity contribution is 5.93. The summed E-state index contributed by atoms with van der Waals surface area (Å²) in [6.45, 7) is 2.09. The lowest BCUT2D eigenvalue weighted by atomic mass is 9.85. The molecule has 1 aliphatic rings. The third kappa shape index (κ3) is 3.58. The van der Waals surface area contributed by atoms with E-state index in [1.54, 1.807) is 0 Å². The number of aromatic nitrogens is 2. The number of aromatic amines is 1. The molecule has 0 unspecified atom stereocenters. The van der Waals surface area contributed by atoms with Crippen molar-refractivity contribution in [2.75, 3.05) is 5.32 Å². The highest BCUT2D eigenvalue weighted by Gasteiger charge is 2.25. The Bertz CT molecular complexity index is 908. The Kier molecular flexibility index (Phi) is 4.26. The quantitative estimate of drug-likeness (QED) is 0.727. The maximum atomic E-state index is 12.1. The van der Waals surface area contributed by atoms with Crippen LogP contribution in [-0.4, -0.2) is 15.9 Å². The van der Waals surface area contributed by atoms with Crippen molar-refractivity contribution in [3.63, 3.8) is 0 Å². The predicted molar refractivity (Wildman–Crippen MR) is 101 cm³/mol. The Morgan fingerprint density at radius 1 is 1.20 bits per heavy atom. The third-order valence-electron chi connectivity index (χ3n) is 5.01. The number of hydrogen-bond acceptors (Lipinski definition) is 2. The lowest BCUT2D eigenvalue weighted by Crippen LogP contribution is -2.28. The van der Waals surface area contributed by atoms with E-state index in [2.05, 4.69) is 52.5 Å². The largest absolute Gasteiger partial charge is 0.342 e. The van der Waals surface area contributed by atoms with Gasteiger partial charge >= 0.3 is 0 Å². The minimum Gasteiger partial charge on any atom is -0.342 e. The van der Waals surface area contributed by atoms with Crippen LogP contribution in [0.15, 0.2) is 42.5 Å². The van der Waals surface area contributed by atoms with E-state index in [1.165, 1.54) is 17.5 Å². The number of anilines is 1. The highest BCUT2D eigenvalue weighted by atomic mass is 16.1. The Morgan fingerprint density at radius 3 is 2.88 bits per heavy atom. The van der Waals surface area contributed by atoms with Gasteiger partial charge < -0.3 is 10.3 Å². The van der Waals surface area contributed by atoms with Gasteiger partial charge in [0.25, 0.3) is 0 Å². The normalized spacial score (nSPS) is 14.4. The molecule has 2 N–H and O–H groups in total. The molecule has 3 aromatic rings. The zero-order valence-corrected chi connectivity index (χ0v) is 14.5. The summed E-state index contributed by atoms with van der Waals surface area (Å²) in [5.41, 5.74) is 5.45. The standard InChI is InChI=1S/C21H23N3O/c1-14-8-10-18-19(12-14)24-20(23-18)11-9-15-4-2-7-17(13-15)22-21(25)16-5-3-6-16/h2,4,7-8,10,12-13,16H,3,5-6,9,11H2,1H3,(H,22,25)(H,23,24). The van der Waals surface area contributed by atoms with Crippen molar-refractivity contribution in [2.45, 2.75) is 39.0 Å². The monoisotopic (exact) mass is 333 g/mol. The summed E-state index contributed by atoms with van der Waals surface area (Å²) in [7, 11) is 0. The van der Waals surface area contributed by atoms with Crippen LogP contribution < -0.4 is 5.32 Å². The van der Waals surface area contributed by atoms with E-state index in [1.807, 2.05) is 12.1 Å². The Morgan fingerprint density at radius 2 is 2.08 bits per heavy atom. The fraction of sp³-hybridized carbons (Fsp3) is 0.333. The highest BCUT2D eigenvalue weighted by Crippen LogP contribution is 2.27. The van der Waals surface area contributed by atoms with E-state index >= 15 is 0 Å². The Labute approximate surface area is 147 Å². The summed E-state index contributed by atoms with van der Waals surface area (Å²) in [5, 5.41) is 3.05. The molecule has 25 heavy (non-hydrogen) atoms. The number of fused-ring (bicyclic) bond motifs is 1. The van der Waals surface area contributed by atoms with Crippen LogP contribution in [0.2, 0.25) is 0 Å². The molecule has 1 saturated carbocycles. The minimum absolute atomic E-state index is 0.163. The van der Waals surface area contributed by atoms with Gasteiger partial charge in [0.2, 0.25) is 5.91 Å². The number of amides is 1. The maximum absolute atomic E-state index is 12.1. The summed E-state index contributed by atoms with van der Waals surface area (Å²) in [6, 6.07) is 14.4. The van der Waals surface area contributed by atoms with E-state index in [9.17, 15) is 4.79 Å². The average molecular weight is 333 g/mol. The lowest BCUT2D eigenvalue weighted by molar-refractivity contribution is -0.122. The second kappa shape index (κ2) is 6.71. The molecular weight excluding hydrogens is 310 g/mol. The smallest absolute Gasteiger partial charge is 0.227 e. The van der Waals surface area contributed by atoms with Crippen LogP contribution in [0.5, 0.6) is 0 Å². The van der Waals surface area contributed by atoms with Gasteiger partial charge in [0.15, 0.2) is 0 Å². The summed E-state index contributed by atoms with van der Waals surface area (Å²) in [6.07, 6.45) is 4.98. The number of benzene rings is 2. The van der Waals surface area contributed by atoms with Gasteiger partial charge in [-0.15, -0.1) is 0 Å². The van der Waals surface area contributed by atoms with Crippen molar-refractivity contribution < 1.29 is 4.79 Å². The fourth-order valence-corrected chi connectivity index (χ4v) is 3.28. The van der Waals surface area contributed by atoms with Crippen LogP contribution in [-0.2, 0) is 17.6 Å². The lowest BCUT2D eigenvalue weighted by Gasteiger charge is -2.24. The molecule has 0 saturated heterocycles. The molecule has 1 amide bonds. The molecule has 0 radical (unpaired) electrons. The molecular formula is C21H23N3O. The first-order valence-electron chi connectivity index (χ1n) is 9.02. The molecule has 128 valence electrons. The zero-order valence-electron chi connectivity index (χ0n) is 14.5. The number of carbonyl (C=O) groups excluding carboxylic acids is 1. The van der Waals surface area contributed by atoms with Gasteiger partial charge in [0.05, 0.1) is 11.0 Å². The van der Waals surface area contributed by atoms with E-state index in [4.69, 9.17) is 0 Å². The molecule has 2 aromatic carbocycles. The first kappa shape index (κ1) is 15.9. The summed E-state index contributed by atoms with van der Waals surface area (Å²) >= 11 is 0. The maximum Gasteiger partial charge on any atom is 0.227 e. The number of carbonyl (C=O) groups is 1. The summed E-state index contributed by atoms with van der Waals surface area (Å²) < 4.78 is 0. The second-order valence-electron chi connectivity index (χ2n) is 7.02. The van der Waals surface area contributed by atoms with Crippen molar-refractivity contribution in [3.05, 3.63) is 59.4 Å². The molecule has 0 atom stereocenters. The van der Waals surface area contributed by atoms with Crippen molar-refractivity contribution in [3.8, 4) is 0 Å². The van der Waals surface area contributed by atoms with Crippen LogP contribution >= 0.6 is 0 Å². The topological polar surface area (TPSA) is 57.8 Å². The van der Waals surface area contributed by atoms with Crippen LogP contribution in [0.3, 0.4) is 0 Å². The number of nitrogens with zero attached hydrogens (tertiary/aromatic N) is 1. The molecule has 1 aromatic heterocycles. The van der Waals surface area contributed by atoms with Crippen LogP contribution in [0.4, 0.5) is 5.69 Å². The predicted octanol–water partition coefficient (Wildman–Crippen LogP) is 4.40. The third-order valence-corrected chi connectivity index (χ3v) is 5.01. The number of rotatable bonds is 5. The van der Waals surface area contributed by atoms with Crippen LogP contribution in [0.1, 0.15) is 36.2 Å². The molecule has 1 heterocycles. The first-order valence-corrected chi connectivity index (χ1v) is 9.02. The van der Waals surface area contributed by atoms with Gasteiger partial charge in [-0.1, -0.05) is 24.6 Å². The van der Waals surface area contributed by atoms with Gasteiger partial charge in [-0.3, -0.25) is 4.79 Å². The average Bonchev–Trinajstić information content (AvgIpc) is 2.93. The zero-order chi connectivity index (χ0) is 17.2. The molecule has 0 spiro atoms. The molecule has 4 rings (SSSR count). The van der Waals surface area contributed by atoms with Crippen molar-refractivity contribution in [1.82, 2.24) is 9.97 Å². The van der Waals surface area contributed by atoms with Gasteiger partial charge in [-0.25, -0.2) is 4.98 Å². The van der Waals surface area contributed by atoms with Crippen molar-refractivity contribution in [1.29, 1.82) is 0 Å². The first-order chi connectivity index (χ1) is 12.2. The van der Waals surface area contributed by atoms with E-state index in [0.29, 0.717) is 0 Å². The van der Waals surface area contributed by atoms with Crippen molar-refractivity contribution >= 4 is 22.6 Å². The van der Waals surface area contributed by atoms with Gasteiger partial charge in [0.1, 0.15) is 5.82 Å². The Hall–Kier alpha value is -2.62.